The van der Waals surface area contributed by atoms with Crippen LogP contribution in [0.4, 0.5) is 0 Å². The van der Waals surface area contributed by atoms with Gasteiger partial charge in [-0.05, 0) is 36.8 Å². The standard InChI is InChI=1S/C25H34O3.CH4/c1-24(19-26,21-11-5-3-6-12-21)17-9-15-23(28)16-10-18-25(2,20-27)22-13-7-4-8-14-22;/h3-8,11-14,26-27H,9-10,15-20H2,1-2H3;1H4. The van der Waals surface area contributed by atoms with Crippen molar-refractivity contribution in [3.63, 3.8) is 0 Å². The molecule has 0 bridgehead atoms. The van der Waals surface area contributed by atoms with Gasteiger partial charge in [0.1, 0.15) is 5.78 Å². The van der Waals surface area contributed by atoms with Gasteiger partial charge in [0.15, 0.2) is 0 Å². The molecule has 160 valence electrons. The van der Waals surface area contributed by atoms with Crippen LogP contribution >= 0.6 is 0 Å². The van der Waals surface area contributed by atoms with E-state index in [2.05, 4.69) is 13.8 Å². The largest absolute Gasteiger partial charge is 0.395 e. The van der Waals surface area contributed by atoms with Crippen LogP contribution in [0, 0.1) is 0 Å². The molecule has 0 spiro atoms. The van der Waals surface area contributed by atoms with Gasteiger partial charge in [-0.25, -0.2) is 0 Å². The fraction of sp³-hybridized carbons (Fsp3) is 0.500. The van der Waals surface area contributed by atoms with E-state index in [1.54, 1.807) is 0 Å². The molecule has 0 amide bonds. The number of benzene rings is 2. The molecule has 3 heteroatoms. The number of aliphatic hydroxyl groups excluding tert-OH is 2. The maximum atomic E-state index is 12.3. The van der Waals surface area contributed by atoms with Crippen LogP contribution in [0.2, 0.25) is 0 Å². The fourth-order valence-electron chi connectivity index (χ4n) is 3.79. The second kappa shape index (κ2) is 11.9. The first-order valence-electron chi connectivity index (χ1n) is 10.3. The summed E-state index contributed by atoms with van der Waals surface area (Å²) in [5.41, 5.74) is 1.63. The fourth-order valence-corrected chi connectivity index (χ4v) is 3.79. The summed E-state index contributed by atoms with van der Waals surface area (Å²) < 4.78 is 0. The van der Waals surface area contributed by atoms with E-state index in [4.69, 9.17) is 0 Å². The summed E-state index contributed by atoms with van der Waals surface area (Å²) in [5.74, 6) is 0.265. The molecule has 0 radical (unpaired) electrons. The first-order chi connectivity index (χ1) is 13.4. The van der Waals surface area contributed by atoms with Crippen LogP contribution in [0.5, 0.6) is 0 Å². The number of Topliss-reactive ketones (excluding diaryl/α,β-unsaturated/α-hetero) is 1. The summed E-state index contributed by atoms with van der Waals surface area (Å²) in [7, 11) is 0. The van der Waals surface area contributed by atoms with E-state index >= 15 is 0 Å². The molecule has 0 heterocycles. The van der Waals surface area contributed by atoms with Gasteiger partial charge >= 0.3 is 0 Å². The second-order valence-electron chi connectivity index (χ2n) is 8.42. The highest BCUT2D eigenvalue weighted by molar-refractivity contribution is 5.78. The Kier molecular flexibility index (Phi) is 10.3. The lowest BCUT2D eigenvalue weighted by Gasteiger charge is -2.28. The van der Waals surface area contributed by atoms with Crippen LogP contribution in [0.25, 0.3) is 0 Å². The van der Waals surface area contributed by atoms with Crippen LogP contribution in [-0.4, -0.2) is 29.2 Å². The monoisotopic (exact) mass is 398 g/mol. The molecule has 0 saturated heterocycles. The van der Waals surface area contributed by atoms with Crippen LogP contribution in [0.3, 0.4) is 0 Å². The van der Waals surface area contributed by atoms with Crippen molar-refractivity contribution < 1.29 is 15.0 Å². The van der Waals surface area contributed by atoms with Crippen LogP contribution in [0.1, 0.15) is 70.9 Å². The molecule has 0 aliphatic carbocycles. The molecule has 2 rings (SSSR count). The molecule has 2 aromatic carbocycles. The molecule has 2 N–H and O–H groups in total. The van der Waals surface area contributed by atoms with Crippen molar-refractivity contribution in [2.45, 2.75) is 70.6 Å². The van der Waals surface area contributed by atoms with Gasteiger partial charge < -0.3 is 10.2 Å². The van der Waals surface area contributed by atoms with Crippen LogP contribution in [0.15, 0.2) is 60.7 Å². The van der Waals surface area contributed by atoms with Crippen molar-refractivity contribution in [1.29, 1.82) is 0 Å². The SMILES string of the molecule is C.CC(CO)(CCCC(=O)CCCC(C)(CO)c1ccccc1)c1ccccc1. The zero-order chi connectivity index (χ0) is 20.5. The van der Waals surface area contributed by atoms with Crippen molar-refractivity contribution in [1.82, 2.24) is 0 Å². The highest BCUT2D eigenvalue weighted by Crippen LogP contribution is 2.31. The molecule has 0 fully saturated rings. The number of carbonyl (C=O) groups excluding carboxylic acids is 1. The van der Waals surface area contributed by atoms with E-state index in [-0.39, 0.29) is 37.3 Å². The van der Waals surface area contributed by atoms with Crippen molar-refractivity contribution in [3.8, 4) is 0 Å². The van der Waals surface area contributed by atoms with Gasteiger partial charge in [0.2, 0.25) is 0 Å². The predicted octanol–water partition coefficient (Wildman–Crippen LogP) is 5.43. The van der Waals surface area contributed by atoms with E-state index in [1.165, 1.54) is 0 Å². The molecular weight excluding hydrogens is 360 g/mol. The molecule has 3 nitrogen and oxygen atoms in total. The molecule has 2 unspecified atom stereocenters. The number of rotatable bonds is 12. The van der Waals surface area contributed by atoms with E-state index in [0.29, 0.717) is 12.8 Å². The zero-order valence-electron chi connectivity index (χ0n) is 17.2. The van der Waals surface area contributed by atoms with Gasteiger partial charge in [-0.3, -0.25) is 4.79 Å². The number of hydrogen-bond donors (Lipinski definition) is 2. The summed E-state index contributed by atoms with van der Waals surface area (Å²) >= 11 is 0. The Morgan fingerprint density at radius 2 is 1.07 bits per heavy atom. The lowest BCUT2D eigenvalue weighted by Crippen LogP contribution is -2.27. The molecular formula is C26H38O3. The molecule has 29 heavy (non-hydrogen) atoms. The minimum Gasteiger partial charge on any atom is -0.395 e. The average molecular weight is 399 g/mol. The molecule has 2 atom stereocenters. The van der Waals surface area contributed by atoms with E-state index in [9.17, 15) is 15.0 Å². The second-order valence-corrected chi connectivity index (χ2v) is 8.42. The molecule has 2 aromatic rings. The first kappa shape index (κ1) is 25.1. The average Bonchev–Trinajstić information content (AvgIpc) is 2.74. The van der Waals surface area contributed by atoms with Crippen molar-refractivity contribution in [2.24, 2.45) is 0 Å². The number of hydrogen-bond acceptors (Lipinski definition) is 3. The smallest absolute Gasteiger partial charge is 0.132 e. The molecule has 0 aliphatic heterocycles. The highest BCUT2D eigenvalue weighted by Gasteiger charge is 2.27. The summed E-state index contributed by atoms with van der Waals surface area (Å²) in [6.45, 7) is 4.27. The van der Waals surface area contributed by atoms with E-state index in [0.717, 1.165) is 36.8 Å². The Labute approximate surface area is 176 Å². The van der Waals surface area contributed by atoms with Gasteiger partial charge in [-0.15, -0.1) is 0 Å². The number of carbonyl (C=O) groups is 1. The van der Waals surface area contributed by atoms with Crippen molar-refractivity contribution in [2.75, 3.05) is 13.2 Å². The predicted molar refractivity (Wildman–Crippen MR) is 121 cm³/mol. The van der Waals surface area contributed by atoms with E-state index in [1.807, 2.05) is 60.7 Å². The summed E-state index contributed by atoms with van der Waals surface area (Å²) in [4.78, 5) is 12.3. The van der Waals surface area contributed by atoms with Crippen molar-refractivity contribution in [3.05, 3.63) is 71.8 Å². The molecule has 0 aromatic heterocycles. The maximum Gasteiger partial charge on any atom is 0.132 e. The third-order valence-corrected chi connectivity index (χ3v) is 6.01. The topological polar surface area (TPSA) is 57.5 Å². The minimum absolute atomic E-state index is 0. The molecule has 0 aliphatic rings. The zero-order valence-corrected chi connectivity index (χ0v) is 17.2. The quantitative estimate of drug-likeness (QED) is 0.501. The normalized spacial score (nSPS) is 15.0. The van der Waals surface area contributed by atoms with Gasteiger partial charge in [0, 0.05) is 23.7 Å². The van der Waals surface area contributed by atoms with Gasteiger partial charge in [0.25, 0.3) is 0 Å². The summed E-state index contributed by atoms with van der Waals surface area (Å²) in [6, 6.07) is 20.0. The molecule has 0 saturated carbocycles. The Balaban J connectivity index is 0.00000420. The number of aliphatic hydroxyl groups is 2. The first-order valence-corrected chi connectivity index (χ1v) is 10.3. The van der Waals surface area contributed by atoms with Gasteiger partial charge in [0.05, 0.1) is 13.2 Å². The lowest BCUT2D eigenvalue weighted by molar-refractivity contribution is -0.119. The van der Waals surface area contributed by atoms with Gasteiger partial charge in [-0.1, -0.05) is 81.9 Å². The van der Waals surface area contributed by atoms with Crippen LogP contribution < -0.4 is 0 Å². The Morgan fingerprint density at radius 1 is 0.724 bits per heavy atom. The summed E-state index contributed by atoms with van der Waals surface area (Å²) in [6.07, 6.45) is 4.23. The maximum absolute atomic E-state index is 12.3. The Morgan fingerprint density at radius 3 is 1.38 bits per heavy atom. The summed E-state index contributed by atoms with van der Waals surface area (Å²) in [5, 5.41) is 19.7. The Hall–Kier alpha value is -1.97. The Bertz CT molecular complexity index is 652. The minimum atomic E-state index is -0.301. The van der Waals surface area contributed by atoms with Crippen molar-refractivity contribution >= 4 is 5.78 Å². The van der Waals surface area contributed by atoms with E-state index < -0.39 is 0 Å². The third kappa shape index (κ3) is 7.09. The van der Waals surface area contributed by atoms with Crippen LogP contribution in [-0.2, 0) is 15.6 Å². The van der Waals surface area contributed by atoms with Gasteiger partial charge in [-0.2, -0.15) is 0 Å². The lowest BCUT2D eigenvalue weighted by atomic mass is 9.78. The third-order valence-electron chi connectivity index (χ3n) is 6.01. The highest BCUT2D eigenvalue weighted by atomic mass is 16.3. The number of ketones is 1.